The first kappa shape index (κ1) is 17.6. The maximum Gasteiger partial charge on any atom is 0.217 e. The van der Waals surface area contributed by atoms with E-state index in [0.29, 0.717) is 5.58 Å². The molecule has 0 aliphatic heterocycles. The molecule has 3 aromatic heterocycles. The van der Waals surface area contributed by atoms with Crippen molar-refractivity contribution in [1.82, 2.24) is 4.98 Å². The lowest BCUT2D eigenvalue weighted by Gasteiger charge is -2.08. The van der Waals surface area contributed by atoms with Gasteiger partial charge in [0, 0.05) is 40.7 Å². The maximum atomic E-state index is 13.7. The molecule has 0 atom stereocenters. The molecule has 0 saturated heterocycles. The van der Waals surface area contributed by atoms with Gasteiger partial charge in [-0.3, -0.25) is 4.98 Å². The first-order valence-corrected chi connectivity index (χ1v) is 9.56. The molecule has 3 nitrogen and oxygen atoms in total. The molecular weight excluding hydrogens is 363 g/mol. The van der Waals surface area contributed by atoms with Crippen LogP contribution in [0.5, 0.6) is 0 Å². The third-order valence-electron chi connectivity index (χ3n) is 5.43. The smallest absolute Gasteiger partial charge is 0.217 e. The Kier molecular flexibility index (Phi) is 3.95. The van der Waals surface area contributed by atoms with Crippen LogP contribution in [0.3, 0.4) is 0 Å². The third-order valence-corrected chi connectivity index (χ3v) is 5.43. The number of furan rings is 1. The van der Waals surface area contributed by atoms with Gasteiger partial charge in [-0.2, -0.15) is 0 Å². The minimum absolute atomic E-state index is 0.298. The van der Waals surface area contributed by atoms with Crippen LogP contribution in [0.15, 0.2) is 71.4 Å². The molecule has 29 heavy (non-hydrogen) atoms. The summed E-state index contributed by atoms with van der Waals surface area (Å²) in [5.41, 5.74) is 7.56. The molecule has 0 aliphatic carbocycles. The van der Waals surface area contributed by atoms with Gasteiger partial charge in [0.2, 0.25) is 5.69 Å². The van der Waals surface area contributed by atoms with Crippen molar-refractivity contribution in [1.29, 1.82) is 0 Å². The van der Waals surface area contributed by atoms with Gasteiger partial charge in [-0.25, -0.2) is 8.96 Å². The molecule has 4 heteroatoms. The zero-order valence-corrected chi connectivity index (χ0v) is 16.5. The second-order valence-electron chi connectivity index (χ2n) is 7.51. The molecule has 2 aromatic carbocycles. The van der Waals surface area contributed by atoms with E-state index in [4.69, 9.17) is 4.42 Å². The Labute approximate surface area is 168 Å². The number of aryl methyl sites for hydroxylation is 3. The topological polar surface area (TPSA) is 29.9 Å². The van der Waals surface area contributed by atoms with Gasteiger partial charge in [0.15, 0.2) is 6.20 Å². The number of nitrogens with zero attached hydrogens (tertiary/aromatic N) is 2. The fourth-order valence-corrected chi connectivity index (χ4v) is 3.85. The highest BCUT2D eigenvalue weighted by Crippen LogP contribution is 2.37. The molecule has 0 radical (unpaired) electrons. The molecule has 0 amide bonds. The number of hydrogen-bond donors (Lipinski definition) is 0. The summed E-state index contributed by atoms with van der Waals surface area (Å²) in [5, 5.41) is 1.90. The van der Waals surface area contributed by atoms with Gasteiger partial charge in [0.05, 0.1) is 11.3 Å². The average molecular weight is 383 g/mol. The van der Waals surface area contributed by atoms with E-state index in [1.54, 1.807) is 6.07 Å². The summed E-state index contributed by atoms with van der Waals surface area (Å²) in [6.45, 7) is 4.10. The number of pyridine rings is 2. The van der Waals surface area contributed by atoms with Gasteiger partial charge in [-0.1, -0.05) is 18.2 Å². The fraction of sp³-hybridized carbons (Fsp3) is 0.120. The normalized spacial score (nSPS) is 11.4. The van der Waals surface area contributed by atoms with Crippen molar-refractivity contribution in [3.63, 3.8) is 0 Å². The molecule has 0 N–H and O–H groups in total. The van der Waals surface area contributed by atoms with E-state index in [0.717, 1.165) is 50.0 Å². The van der Waals surface area contributed by atoms with Crippen LogP contribution in [0.2, 0.25) is 0 Å². The van der Waals surface area contributed by atoms with Crippen molar-refractivity contribution in [2.75, 3.05) is 0 Å². The molecule has 0 saturated carbocycles. The Morgan fingerprint density at radius 2 is 1.76 bits per heavy atom. The van der Waals surface area contributed by atoms with Gasteiger partial charge in [0.25, 0.3) is 0 Å². The second kappa shape index (κ2) is 6.52. The molecule has 0 unspecified atom stereocenters. The van der Waals surface area contributed by atoms with Crippen molar-refractivity contribution in [2.45, 2.75) is 13.8 Å². The van der Waals surface area contributed by atoms with Crippen molar-refractivity contribution >= 4 is 21.9 Å². The van der Waals surface area contributed by atoms with E-state index in [1.165, 1.54) is 12.1 Å². The monoisotopic (exact) mass is 383 g/mol. The van der Waals surface area contributed by atoms with E-state index < -0.39 is 0 Å². The van der Waals surface area contributed by atoms with E-state index in [1.807, 2.05) is 38.5 Å². The largest absolute Gasteiger partial charge is 0.455 e. The third kappa shape index (κ3) is 2.88. The minimum atomic E-state index is -0.298. The number of rotatable bonds is 2. The highest BCUT2D eigenvalue weighted by molar-refractivity contribution is 6.09. The van der Waals surface area contributed by atoms with Crippen molar-refractivity contribution < 1.29 is 13.4 Å². The van der Waals surface area contributed by atoms with Crippen LogP contribution in [0.4, 0.5) is 4.39 Å². The molecular formula is C25H20FN2O+. The van der Waals surface area contributed by atoms with Gasteiger partial charge < -0.3 is 4.42 Å². The number of fused-ring (bicyclic) bond motifs is 3. The SMILES string of the molecule is Cc1ccc(-c2cc[n+](C)c(-c3c(C)ccc4c3oc3cc(F)ccc34)c2)nc1. The highest BCUT2D eigenvalue weighted by atomic mass is 19.1. The Bertz CT molecular complexity index is 1380. The van der Waals surface area contributed by atoms with Gasteiger partial charge >= 0.3 is 0 Å². The lowest BCUT2D eigenvalue weighted by molar-refractivity contribution is -0.660. The van der Waals surface area contributed by atoms with Gasteiger partial charge in [0.1, 0.15) is 24.0 Å². The molecule has 0 bridgehead atoms. The summed E-state index contributed by atoms with van der Waals surface area (Å²) in [5.74, 6) is -0.298. The van der Waals surface area contributed by atoms with Crippen LogP contribution in [0.1, 0.15) is 11.1 Å². The lowest BCUT2D eigenvalue weighted by atomic mass is 9.99. The number of benzene rings is 2. The Morgan fingerprint density at radius 3 is 2.55 bits per heavy atom. The number of hydrogen-bond acceptors (Lipinski definition) is 2. The molecule has 0 fully saturated rings. The summed E-state index contributed by atoms with van der Waals surface area (Å²) in [7, 11) is 2.02. The Hall–Kier alpha value is -3.53. The fourth-order valence-electron chi connectivity index (χ4n) is 3.85. The van der Waals surface area contributed by atoms with Crippen LogP contribution in [0, 0.1) is 19.7 Å². The Balaban J connectivity index is 1.79. The average Bonchev–Trinajstić information content (AvgIpc) is 3.07. The highest BCUT2D eigenvalue weighted by Gasteiger charge is 2.21. The summed E-state index contributed by atoms with van der Waals surface area (Å²) in [6.07, 6.45) is 3.91. The van der Waals surface area contributed by atoms with Crippen molar-refractivity contribution in [3.05, 3.63) is 83.9 Å². The van der Waals surface area contributed by atoms with Crippen LogP contribution >= 0.6 is 0 Å². The summed E-state index contributed by atoms with van der Waals surface area (Å²) >= 11 is 0. The van der Waals surface area contributed by atoms with E-state index in [2.05, 4.69) is 40.7 Å². The predicted octanol–water partition coefficient (Wildman–Crippen LogP) is 5.90. The lowest BCUT2D eigenvalue weighted by Crippen LogP contribution is -2.30. The first-order valence-electron chi connectivity index (χ1n) is 9.56. The van der Waals surface area contributed by atoms with Crippen LogP contribution < -0.4 is 4.57 Å². The zero-order chi connectivity index (χ0) is 20.1. The van der Waals surface area contributed by atoms with Gasteiger partial charge in [-0.15, -0.1) is 0 Å². The van der Waals surface area contributed by atoms with E-state index >= 15 is 0 Å². The second-order valence-corrected chi connectivity index (χ2v) is 7.51. The van der Waals surface area contributed by atoms with Crippen molar-refractivity contribution in [3.8, 4) is 22.5 Å². The van der Waals surface area contributed by atoms with E-state index in [9.17, 15) is 4.39 Å². The van der Waals surface area contributed by atoms with Crippen LogP contribution in [-0.2, 0) is 7.05 Å². The summed E-state index contributed by atoms with van der Waals surface area (Å²) < 4.78 is 22.0. The van der Waals surface area contributed by atoms with Crippen LogP contribution in [0.25, 0.3) is 44.5 Å². The van der Waals surface area contributed by atoms with E-state index in [-0.39, 0.29) is 5.82 Å². The number of aromatic nitrogens is 2. The Morgan fingerprint density at radius 1 is 0.931 bits per heavy atom. The predicted molar refractivity (Wildman–Crippen MR) is 113 cm³/mol. The molecule has 142 valence electrons. The van der Waals surface area contributed by atoms with Crippen molar-refractivity contribution in [2.24, 2.45) is 7.05 Å². The number of halogens is 1. The summed E-state index contributed by atoms with van der Waals surface area (Å²) in [6, 6.07) is 17.1. The zero-order valence-electron chi connectivity index (χ0n) is 16.5. The quantitative estimate of drug-likeness (QED) is 0.356. The minimum Gasteiger partial charge on any atom is -0.455 e. The summed E-state index contributed by atoms with van der Waals surface area (Å²) in [4.78, 5) is 4.57. The maximum absolute atomic E-state index is 13.7. The molecule has 3 heterocycles. The molecule has 5 aromatic rings. The standard InChI is InChI=1S/C25H20FN2O/c1-15-4-9-21(27-14-15)17-10-11-28(3)22(12-17)24-16(2)5-7-20-19-8-6-18(26)13-23(19)29-25(20)24/h4-14H,1-3H3/q+1. The molecule has 0 spiro atoms. The van der Waals surface area contributed by atoms with Crippen LogP contribution in [-0.4, -0.2) is 4.98 Å². The van der Waals surface area contributed by atoms with Gasteiger partial charge in [-0.05, 0) is 43.2 Å². The molecule has 5 rings (SSSR count). The molecule has 0 aliphatic rings. The first-order chi connectivity index (χ1) is 14.0.